The van der Waals surface area contributed by atoms with E-state index in [2.05, 4.69) is 15.9 Å². The maximum Gasteiger partial charge on any atom is 0.231 e. The lowest BCUT2D eigenvalue weighted by atomic mass is 10.0. The predicted octanol–water partition coefficient (Wildman–Crippen LogP) is 2.54. The molecule has 0 saturated heterocycles. The van der Waals surface area contributed by atoms with Crippen molar-refractivity contribution >= 4 is 15.9 Å². The Morgan fingerprint density at radius 2 is 2.21 bits per heavy atom. The molecule has 1 N–H and O–H groups in total. The fourth-order valence-electron chi connectivity index (χ4n) is 1.55. The third-order valence-corrected chi connectivity index (χ3v) is 3.29. The molecule has 0 saturated carbocycles. The summed E-state index contributed by atoms with van der Waals surface area (Å²) in [5, 5.41) is 9.54. The highest BCUT2D eigenvalue weighted by Crippen LogP contribution is 2.43. The number of fused-ring (bicyclic) bond motifs is 1. The number of hydrogen-bond acceptors (Lipinski definition) is 3. The number of hydrogen-bond donors (Lipinski definition) is 1. The smallest absolute Gasteiger partial charge is 0.231 e. The third-order valence-electron chi connectivity index (χ3n) is 2.34. The Bertz CT molecular complexity index is 374. The number of benzene rings is 1. The zero-order chi connectivity index (χ0) is 10.3. The van der Waals surface area contributed by atoms with Gasteiger partial charge in [0.1, 0.15) is 0 Å². The quantitative estimate of drug-likeness (QED) is 0.842. The van der Waals surface area contributed by atoms with Crippen molar-refractivity contribution in [3.8, 4) is 11.5 Å². The van der Waals surface area contributed by atoms with Gasteiger partial charge in [0.25, 0.3) is 0 Å². The first-order valence-electron chi connectivity index (χ1n) is 4.38. The molecule has 76 valence electrons. The van der Waals surface area contributed by atoms with Crippen molar-refractivity contribution in [3.05, 3.63) is 21.7 Å². The van der Waals surface area contributed by atoms with Gasteiger partial charge < -0.3 is 14.6 Å². The third kappa shape index (κ3) is 1.38. The van der Waals surface area contributed by atoms with Gasteiger partial charge in [0.05, 0.1) is 10.6 Å². The molecule has 0 fully saturated rings. The summed E-state index contributed by atoms with van der Waals surface area (Å²) in [5.41, 5.74) is 1.85. The van der Waals surface area contributed by atoms with Gasteiger partial charge in [-0.1, -0.05) is 0 Å². The van der Waals surface area contributed by atoms with Crippen LogP contribution in [0.3, 0.4) is 0 Å². The number of aliphatic hydroxyl groups is 1. The molecule has 4 heteroatoms. The largest absolute Gasteiger partial charge is 0.454 e. The fourth-order valence-corrected chi connectivity index (χ4v) is 2.09. The lowest BCUT2D eigenvalue weighted by molar-refractivity contribution is 0.173. The van der Waals surface area contributed by atoms with Crippen LogP contribution >= 0.6 is 15.9 Å². The fraction of sp³-hybridized carbons (Fsp3) is 0.400. The highest BCUT2D eigenvalue weighted by atomic mass is 79.9. The van der Waals surface area contributed by atoms with Crippen LogP contribution in [0, 0.1) is 6.92 Å². The second-order valence-corrected chi connectivity index (χ2v) is 4.11. The van der Waals surface area contributed by atoms with E-state index in [0.717, 1.165) is 21.3 Å². The molecule has 0 radical (unpaired) electrons. The Morgan fingerprint density at radius 1 is 1.50 bits per heavy atom. The molecule has 2 rings (SSSR count). The molecular weight excluding hydrogens is 248 g/mol. The summed E-state index contributed by atoms with van der Waals surface area (Å²) in [6.45, 7) is 3.92. The molecule has 0 aromatic heterocycles. The van der Waals surface area contributed by atoms with Gasteiger partial charge >= 0.3 is 0 Å². The Labute approximate surface area is 90.8 Å². The first-order chi connectivity index (χ1) is 6.61. The first kappa shape index (κ1) is 9.80. The molecule has 1 aromatic rings. The first-order valence-corrected chi connectivity index (χ1v) is 5.17. The van der Waals surface area contributed by atoms with Gasteiger partial charge in [0.15, 0.2) is 11.5 Å². The summed E-state index contributed by atoms with van der Waals surface area (Å²) in [6.07, 6.45) is -0.499. The van der Waals surface area contributed by atoms with Crippen LogP contribution in [-0.4, -0.2) is 11.9 Å². The number of halogens is 1. The predicted molar refractivity (Wildman–Crippen MR) is 55.6 cm³/mol. The van der Waals surface area contributed by atoms with Crippen molar-refractivity contribution in [2.75, 3.05) is 6.79 Å². The molecule has 0 bridgehead atoms. The van der Waals surface area contributed by atoms with E-state index >= 15 is 0 Å². The van der Waals surface area contributed by atoms with Crippen molar-refractivity contribution in [3.63, 3.8) is 0 Å². The maximum absolute atomic E-state index is 9.54. The highest BCUT2D eigenvalue weighted by molar-refractivity contribution is 9.10. The highest BCUT2D eigenvalue weighted by Gasteiger charge is 2.22. The molecule has 1 unspecified atom stereocenters. The molecular formula is C10H11BrO3. The Kier molecular flexibility index (Phi) is 2.41. The zero-order valence-corrected chi connectivity index (χ0v) is 9.59. The van der Waals surface area contributed by atoms with Gasteiger partial charge in [-0.15, -0.1) is 0 Å². The van der Waals surface area contributed by atoms with Crippen molar-refractivity contribution in [1.29, 1.82) is 0 Å². The average molecular weight is 259 g/mol. The Hall–Kier alpha value is -0.740. The van der Waals surface area contributed by atoms with E-state index in [1.165, 1.54) is 0 Å². The molecule has 1 aliphatic rings. The van der Waals surface area contributed by atoms with Gasteiger partial charge in [-0.25, -0.2) is 0 Å². The Balaban J connectivity index is 2.61. The van der Waals surface area contributed by atoms with Crippen molar-refractivity contribution in [2.24, 2.45) is 0 Å². The normalized spacial score (nSPS) is 15.7. The topological polar surface area (TPSA) is 38.7 Å². The van der Waals surface area contributed by atoms with Crippen LogP contribution in [0.5, 0.6) is 11.5 Å². The summed E-state index contributed by atoms with van der Waals surface area (Å²) < 4.78 is 11.4. The van der Waals surface area contributed by atoms with E-state index in [1.807, 2.05) is 13.0 Å². The molecule has 1 atom stereocenters. The van der Waals surface area contributed by atoms with Gasteiger partial charge in [0, 0.05) is 0 Å². The molecule has 1 aromatic carbocycles. The molecule has 3 nitrogen and oxygen atoms in total. The van der Waals surface area contributed by atoms with E-state index in [4.69, 9.17) is 9.47 Å². The van der Waals surface area contributed by atoms with Crippen LogP contribution in [-0.2, 0) is 0 Å². The lowest BCUT2D eigenvalue weighted by Crippen LogP contribution is -1.96. The second-order valence-electron chi connectivity index (χ2n) is 3.31. The van der Waals surface area contributed by atoms with Crippen LogP contribution in [0.25, 0.3) is 0 Å². The number of aliphatic hydroxyl groups excluding tert-OH is 1. The van der Waals surface area contributed by atoms with Crippen LogP contribution in [0.15, 0.2) is 10.5 Å². The second kappa shape index (κ2) is 3.44. The standard InChI is InChI=1S/C10H11BrO3/c1-5-7(6(2)12)3-8-10(9(5)11)14-4-13-8/h3,6,12H,4H2,1-2H3. The summed E-state index contributed by atoms with van der Waals surface area (Å²) in [7, 11) is 0. The van der Waals surface area contributed by atoms with E-state index in [-0.39, 0.29) is 6.79 Å². The summed E-state index contributed by atoms with van der Waals surface area (Å²) >= 11 is 3.43. The van der Waals surface area contributed by atoms with Gasteiger partial charge in [0.2, 0.25) is 6.79 Å². The average Bonchev–Trinajstić information content (AvgIpc) is 2.58. The molecule has 14 heavy (non-hydrogen) atoms. The van der Waals surface area contributed by atoms with Crippen molar-refractivity contribution < 1.29 is 14.6 Å². The zero-order valence-electron chi connectivity index (χ0n) is 8.00. The minimum absolute atomic E-state index is 0.247. The van der Waals surface area contributed by atoms with E-state index in [9.17, 15) is 5.11 Å². The Morgan fingerprint density at radius 3 is 2.86 bits per heavy atom. The monoisotopic (exact) mass is 258 g/mol. The number of rotatable bonds is 1. The maximum atomic E-state index is 9.54. The van der Waals surface area contributed by atoms with Crippen LogP contribution in [0.2, 0.25) is 0 Å². The van der Waals surface area contributed by atoms with Crippen molar-refractivity contribution in [1.82, 2.24) is 0 Å². The number of ether oxygens (including phenoxy) is 2. The van der Waals surface area contributed by atoms with Gasteiger partial charge in [-0.3, -0.25) is 0 Å². The van der Waals surface area contributed by atoms with E-state index < -0.39 is 6.10 Å². The van der Waals surface area contributed by atoms with Crippen molar-refractivity contribution in [2.45, 2.75) is 20.0 Å². The van der Waals surface area contributed by atoms with Gasteiger partial charge in [-0.2, -0.15) is 0 Å². The van der Waals surface area contributed by atoms with Crippen LogP contribution < -0.4 is 9.47 Å². The van der Waals surface area contributed by atoms with Gasteiger partial charge in [-0.05, 0) is 47.0 Å². The lowest BCUT2D eigenvalue weighted by Gasteiger charge is -2.12. The molecule has 0 amide bonds. The van der Waals surface area contributed by atoms with E-state index in [0.29, 0.717) is 5.75 Å². The minimum atomic E-state index is -0.499. The van der Waals surface area contributed by atoms with E-state index in [1.54, 1.807) is 6.92 Å². The summed E-state index contributed by atoms with van der Waals surface area (Å²) in [4.78, 5) is 0. The van der Waals surface area contributed by atoms with Crippen LogP contribution in [0.4, 0.5) is 0 Å². The molecule has 0 aliphatic carbocycles. The molecule has 1 aliphatic heterocycles. The summed E-state index contributed by atoms with van der Waals surface area (Å²) in [6, 6.07) is 1.83. The molecule has 0 spiro atoms. The SMILES string of the molecule is Cc1c(C(C)O)cc2c(c1Br)OCO2. The summed E-state index contributed by atoms with van der Waals surface area (Å²) in [5.74, 6) is 1.42. The van der Waals surface area contributed by atoms with Crippen LogP contribution in [0.1, 0.15) is 24.2 Å². The minimum Gasteiger partial charge on any atom is -0.454 e. The molecule has 1 heterocycles.